The molecule has 0 amide bonds. The average Bonchev–Trinajstić information content (AvgIpc) is 3.14. The Morgan fingerprint density at radius 3 is 2.93 bits per heavy atom. The maximum atomic E-state index is 15.1. The van der Waals surface area contributed by atoms with Crippen LogP contribution in [0, 0.1) is 5.82 Å². The molecule has 5 nitrogen and oxygen atoms in total. The Balaban J connectivity index is 1.92. The Bertz CT molecular complexity index is 1020. The first kappa shape index (κ1) is 20.5. The van der Waals surface area contributed by atoms with Crippen LogP contribution in [0.25, 0.3) is 11.1 Å². The maximum absolute atomic E-state index is 15.1. The van der Waals surface area contributed by atoms with Crippen molar-refractivity contribution in [2.75, 3.05) is 19.8 Å². The van der Waals surface area contributed by atoms with E-state index in [-0.39, 0.29) is 54.3 Å². The van der Waals surface area contributed by atoms with Gasteiger partial charge >= 0.3 is 0 Å². The fourth-order valence-corrected chi connectivity index (χ4v) is 3.45. The van der Waals surface area contributed by atoms with E-state index in [4.69, 9.17) is 25.5 Å². The summed E-state index contributed by atoms with van der Waals surface area (Å²) < 4.78 is 31.3. The van der Waals surface area contributed by atoms with Crippen molar-refractivity contribution in [3.63, 3.8) is 0 Å². The van der Waals surface area contributed by atoms with Gasteiger partial charge in [-0.15, -0.1) is 0 Å². The van der Waals surface area contributed by atoms with E-state index in [1.54, 1.807) is 18.2 Å². The topological polar surface area (TPSA) is 61.6 Å². The summed E-state index contributed by atoms with van der Waals surface area (Å²) in [5.74, 6) is -0.984. The predicted octanol–water partition coefficient (Wildman–Crippen LogP) is 5.33. The molecule has 0 spiro atoms. The van der Waals surface area contributed by atoms with Crippen LogP contribution in [0.15, 0.2) is 52.4 Å². The highest BCUT2D eigenvalue weighted by Crippen LogP contribution is 2.30. The van der Waals surface area contributed by atoms with Crippen molar-refractivity contribution in [3.8, 4) is 0 Å². The summed E-state index contributed by atoms with van der Waals surface area (Å²) >= 11 is 9.61. The Morgan fingerprint density at radius 1 is 1.36 bits per heavy atom. The minimum atomic E-state index is -0.608. The molecule has 0 saturated carbocycles. The number of ketones is 1. The van der Waals surface area contributed by atoms with Crippen LogP contribution in [0.3, 0.4) is 0 Å². The summed E-state index contributed by atoms with van der Waals surface area (Å²) in [6.07, 6.45) is 2.56. The Morgan fingerprint density at radius 2 is 2.18 bits per heavy atom. The third kappa shape index (κ3) is 4.60. The largest absolute Gasteiger partial charge is 0.499 e. The Kier molecular flexibility index (Phi) is 6.83. The molecule has 2 aromatic carbocycles. The lowest BCUT2D eigenvalue weighted by molar-refractivity contribution is 0.0638. The maximum Gasteiger partial charge on any atom is 0.188 e. The molecule has 0 aliphatic carbocycles. The summed E-state index contributed by atoms with van der Waals surface area (Å²) in [6, 6.07) is 6.78. The molecule has 0 fully saturated rings. The molecule has 28 heavy (non-hydrogen) atoms. The molecule has 1 aromatic heterocycles. The van der Waals surface area contributed by atoms with Gasteiger partial charge in [-0.2, -0.15) is 0 Å². The van der Waals surface area contributed by atoms with Gasteiger partial charge in [-0.1, -0.05) is 40.2 Å². The van der Waals surface area contributed by atoms with Crippen molar-refractivity contribution >= 4 is 44.4 Å². The number of oxazole rings is 1. The van der Waals surface area contributed by atoms with Gasteiger partial charge in [0, 0.05) is 27.0 Å². The number of aromatic nitrogens is 1. The molecule has 0 bridgehead atoms. The SMILES string of the molecule is C=COCCOCC(=O)c1cc2ocnc2c(F)c1Cc1ccc(Br)cc1Cl. The predicted molar refractivity (Wildman–Crippen MR) is 107 cm³/mol. The minimum absolute atomic E-state index is 0.0695. The van der Waals surface area contributed by atoms with Gasteiger partial charge in [0.25, 0.3) is 0 Å². The van der Waals surface area contributed by atoms with Crippen molar-refractivity contribution in [2.24, 2.45) is 0 Å². The molecule has 0 aliphatic heterocycles. The summed E-state index contributed by atoms with van der Waals surface area (Å²) in [6.45, 7) is 3.68. The van der Waals surface area contributed by atoms with E-state index in [9.17, 15) is 4.79 Å². The highest BCUT2D eigenvalue weighted by Gasteiger charge is 2.22. The minimum Gasteiger partial charge on any atom is -0.499 e. The third-order valence-corrected chi connectivity index (χ3v) is 4.89. The number of carbonyl (C=O) groups excluding carboxylic acids is 1. The molecular formula is C20H16BrClFNO4. The standard InChI is InChI=1S/C20H16BrClFNO4/c1-2-26-5-6-27-10-17(25)14-9-18-20(24-11-28-18)19(23)15(14)7-12-3-4-13(21)8-16(12)22/h2-4,8-9,11H,1,5-7,10H2. The van der Waals surface area contributed by atoms with Crippen LogP contribution in [0.2, 0.25) is 5.02 Å². The molecule has 0 saturated heterocycles. The average molecular weight is 469 g/mol. The van der Waals surface area contributed by atoms with Crippen molar-refractivity contribution < 1.29 is 23.1 Å². The van der Waals surface area contributed by atoms with Gasteiger partial charge in [0.1, 0.15) is 18.7 Å². The van der Waals surface area contributed by atoms with Gasteiger partial charge in [-0.25, -0.2) is 9.37 Å². The second-order valence-corrected chi connectivity index (χ2v) is 7.16. The van der Waals surface area contributed by atoms with Crippen LogP contribution in [0.5, 0.6) is 0 Å². The van der Waals surface area contributed by atoms with Crippen molar-refractivity contribution in [1.29, 1.82) is 0 Å². The van der Waals surface area contributed by atoms with E-state index >= 15 is 4.39 Å². The molecule has 0 atom stereocenters. The second kappa shape index (κ2) is 9.32. The van der Waals surface area contributed by atoms with Crippen LogP contribution in [-0.2, 0) is 15.9 Å². The highest BCUT2D eigenvalue weighted by molar-refractivity contribution is 9.10. The lowest BCUT2D eigenvalue weighted by Gasteiger charge is -2.12. The van der Waals surface area contributed by atoms with Crippen LogP contribution >= 0.6 is 27.5 Å². The van der Waals surface area contributed by atoms with Gasteiger partial charge in [0.2, 0.25) is 0 Å². The van der Waals surface area contributed by atoms with Gasteiger partial charge in [-0.3, -0.25) is 4.79 Å². The van der Waals surface area contributed by atoms with Crippen molar-refractivity contribution in [1.82, 2.24) is 4.98 Å². The zero-order chi connectivity index (χ0) is 20.1. The van der Waals surface area contributed by atoms with E-state index in [1.807, 2.05) is 0 Å². The fourth-order valence-electron chi connectivity index (χ4n) is 2.71. The van der Waals surface area contributed by atoms with Crippen LogP contribution in [0.4, 0.5) is 4.39 Å². The number of hydrogen-bond acceptors (Lipinski definition) is 5. The third-order valence-electron chi connectivity index (χ3n) is 4.05. The van der Waals surface area contributed by atoms with Gasteiger partial charge in [0.05, 0.1) is 12.9 Å². The van der Waals surface area contributed by atoms with Gasteiger partial charge in [-0.05, 0) is 23.8 Å². The second-order valence-electron chi connectivity index (χ2n) is 5.84. The number of benzene rings is 2. The monoisotopic (exact) mass is 467 g/mol. The quantitative estimate of drug-likeness (QED) is 0.241. The van der Waals surface area contributed by atoms with Gasteiger partial charge < -0.3 is 13.9 Å². The van der Waals surface area contributed by atoms with Gasteiger partial charge in [0.15, 0.2) is 23.6 Å². The first-order chi connectivity index (χ1) is 13.5. The lowest BCUT2D eigenvalue weighted by Crippen LogP contribution is -2.15. The number of rotatable bonds is 9. The number of Topliss-reactive ketones (excluding diaryl/α,β-unsaturated/α-hetero) is 1. The van der Waals surface area contributed by atoms with Crippen LogP contribution in [-0.4, -0.2) is 30.6 Å². The first-order valence-electron chi connectivity index (χ1n) is 8.33. The molecule has 0 aliphatic rings. The molecule has 8 heteroatoms. The molecule has 146 valence electrons. The van der Waals surface area contributed by atoms with Crippen LogP contribution in [0.1, 0.15) is 21.5 Å². The molecule has 3 aromatic rings. The molecule has 1 heterocycles. The molecular weight excluding hydrogens is 453 g/mol. The zero-order valence-electron chi connectivity index (χ0n) is 14.7. The Hall–Kier alpha value is -2.22. The van der Waals surface area contributed by atoms with E-state index in [0.29, 0.717) is 10.6 Å². The number of ether oxygens (including phenoxy) is 2. The summed E-state index contributed by atoms with van der Waals surface area (Å²) in [4.78, 5) is 16.6. The Labute approximate surface area is 174 Å². The molecule has 0 N–H and O–H groups in total. The number of hydrogen-bond donors (Lipinski definition) is 0. The number of carbonyl (C=O) groups is 1. The summed E-state index contributed by atoms with van der Waals surface area (Å²) in [5, 5.41) is 0.463. The highest BCUT2D eigenvalue weighted by atomic mass is 79.9. The van der Waals surface area contributed by atoms with E-state index < -0.39 is 5.82 Å². The zero-order valence-corrected chi connectivity index (χ0v) is 17.1. The molecule has 3 rings (SSSR count). The molecule has 0 radical (unpaired) electrons. The number of nitrogens with zero attached hydrogens (tertiary/aromatic N) is 1. The van der Waals surface area contributed by atoms with E-state index in [1.165, 1.54) is 12.3 Å². The van der Waals surface area contributed by atoms with Crippen molar-refractivity contribution in [2.45, 2.75) is 6.42 Å². The lowest BCUT2D eigenvalue weighted by atomic mass is 9.96. The smallest absolute Gasteiger partial charge is 0.188 e. The fraction of sp³-hybridized carbons (Fsp3) is 0.200. The summed E-state index contributed by atoms with van der Waals surface area (Å²) in [5.41, 5.74) is 1.31. The van der Waals surface area contributed by atoms with E-state index in [0.717, 1.165) is 10.9 Å². The van der Waals surface area contributed by atoms with E-state index in [2.05, 4.69) is 27.5 Å². The summed E-state index contributed by atoms with van der Waals surface area (Å²) in [7, 11) is 0. The molecule has 0 unspecified atom stereocenters. The normalized spacial score (nSPS) is 11.0. The van der Waals surface area contributed by atoms with Crippen LogP contribution < -0.4 is 0 Å². The number of fused-ring (bicyclic) bond motifs is 1. The first-order valence-corrected chi connectivity index (χ1v) is 9.50. The van der Waals surface area contributed by atoms with Crippen molar-refractivity contribution in [3.05, 3.63) is 75.5 Å². The number of halogens is 3.